The first kappa shape index (κ1) is 16.2. The lowest BCUT2D eigenvalue weighted by atomic mass is 10.1. The van der Waals surface area contributed by atoms with Crippen LogP contribution in [0, 0.1) is 5.82 Å². The lowest BCUT2D eigenvalue weighted by Crippen LogP contribution is -2.67. The molecule has 2 unspecified atom stereocenters. The summed E-state index contributed by atoms with van der Waals surface area (Å²) in [6, 6.07) is 6.87. The largest absolute Gasteiger partial charge is 0.383 e. The molecular weight excluding hydrogens is 299 g/mol. The van der Waals surface area contributed by atoms with Gasteiger partial charge in [-0.15, -0.1) is 0 Å². The molecule has 7 heteroatoms. The van der Waals surface area contributed by atoms with Gasteiger partial charge >= 0.3 is 0 Å². The number of carbonyl (C=O) groups is 1. The quantitative estimate of drug-likeness (QED) is 0.838. The van der Waals surface area contributed by atoms with Crippen LogP contribution in [0.3, 0.4) is 0 Å². The Morgan fingerprint density at radius 1 is 1.26 bits per heavy atom. The van der Waals surface area contributed by atoms with Crippen molar-refractivity contribution in [2.24, 2.45) is 0 Å². The Morgan fingerprint density at radius 3 is 2.70 bits per heavy atom. The van der Waals surface area contributed by atoms with E-state index in [9.17, 15) is 9.18 Å². The number of amides is 1. The van der Waals surface area contributed by atoms with E-state index >= 15 is 0 Å². The molecular formula is C16H23FN4O2. The van der Waals surface area contributed by atoms with E-state index in [1.165, 1.54) is 6.07 Å². The molecule has 2 heterocycles. The minimum absolute atomic E-state index is 0.0309. The third-order valence-electron chi connectivity index (χ3n) is 4.36. The monoisotopic (exact) mass is 322 g/mol. The molecule has 2 N–H and O–H groups in total. The Balaban J connectivity index is 1.58. The Morgan fingerprint density at radius 2 is 2.00 bits per heavy atom. The number of benzene rings is 1. The molecule has 0 radical (unpaired) electrons. The van der Waals surface area contributed by atoms with Crippen molar-refractivity contribution in [2.45, 2.75) is 18.8 Å². The molecule has 3 rings (SSSR count). The molecule has 2 atom stereocenters. The SMILES string of the molecule is COCC1CC(=O)NC(N2CCN(c3ccccc3F)CC2)N1. The Labute approximate surface area is 135 Å². The second-order valence-corrected chi connectivity index (χ2v) is 5.97. The molecule has 6 nitrogen and oxygen atoms in total. The molecule has 2 aliphatic rings. The summed E-state index contributed by atoms with van der Waals surface area (Å²) in [6.45, 7) is 3.48. The smallest absolute Gasteiger partial charge is 0.223 e. The van der Waals surface area contributed by atoms with Gasteiger partial charge in [-0.1, -0.05) is 12.1 Å². The molecule has 126 valence electrons. The number of nitrogens with zero attached hydrogens (tertiary/aromatic N) is 2. The van der Waals surface area contributed by atoms with Crippen LogP contribution in [-0.4, -0.2) is 63.0 Å². The number of rotatable bonds is 4. The molecule has 0 saturated carbocycles. The fourth-order valence-corrected chi connectivity index (χ4v) is 3.19. The zero-order valence-corrected chi connectivity index (χ0v) is 13.3. The van der Waals surface area contributed by atoms with E-state index in [0.29, 0.717) is 18.7 Å². The third-order valence-corrected chi connectivity index (χ3v) is 4.36. The second kappa shape index (κ2) is 7.25. The van der Waals surface area contributed by atoms with E-state index < -0.39 is 0 Å². The highest BCUT2D eigenvalue weighted by Gasteiger charge is 2.31. The summed E-state index contributed by atoms with van der Waals surface area (Å²) in [5.41, 5.74) is 0.644. The number of carbonyl (C=O) groups excluding carboxylic acids is 1. The molecule has 23 heavy (non-hydrogen) atoms. The number of para-hydroxylation sites is 1. The molecule has 0 aliphatic carbocycles. The van der Waals surface area contributed by atoms with E-state index in [1.54, 1.807) is 19.2 Å². The van der Waals surface area contributed by atoms with Crippen LogP contribution in [0.5, 0.6) is 0 Å². The van der Waals surface area contributed by atoms with E-state index in [1.807, 2.05) is 11.0 Å². The van der Waals surface area contributed by atoms with Crippen molar-refractivity contribution in [2.75, 3.05) is 44.8 Å². The van der Waals surface area contributed by atoms with Crippen LogP contribution >= 0.6 is 0 Å². The maximum Gasteiger partial charge on any atom is 0.223 e. The molecule has 0 aromatic heterocycles. The van der Waals surface area contributed by atoms with Gasteiger partial charge in [0.25, 0.3) is 0 Å². The molecule has 0 bridgehead atoms. The first-order chi connectivity index (χ1) is 11.2. The van der Waals surface area contributed by atoms with E-state index in [0.717, 1.165) is 26.2 Å². The maximum absolute atomic E-state index is 13.9. The number of anilines is 1. The fraction of sp³-hybridized carbons (Fsp3) is 0.562. The molecule has 1 amide bonds. The van der Waals surface area contributed by atoms with Gasteiger partial charge in [0, 0.05) is 45.8 Å². The first-order valence-electron chi connectivity index (χ1n) is 7.95. The molecule has 0 spiro atoms. The van der Waals surface area contributed by atoms with Crippen molar-refractivity contribution in [3.63, 3.8) is 0 Å². The Hall–Kier alpha value is -1.70. The van der Waals surface area contributed by atoms with Gasteiger partial charge in [-0.2, -0.15) is 0 Å². The molecule has 1 aromatic carbocycles. The summed E-state index contributed by atoms with van der Waals surface area (Å²) >= 11 is 0. The summed E-state index contributed by atoms with van der Waals surface area (Å²) in [4.78, 5) is 16.1. The third kappa shape index (κ3) is 3.80. The van der Waals surface area contributed by atoms with E-state index in [4.69, 9.17) is 4.74 Å². The fourth-order valence-electron chi connectivity index (χ4n) is 3.19. The van der Waals surface area contributed by atoms with E-state index in [-0.39, 0.29) is 24.1 Å². The van der Waals surface area contributed by atoms with Crippen molar-refractivity contribution in [1.82, 2.24) is 15.5 Å². The zero-order chi connectivity index (χ0) is 16.2. The number of hydrogen-bond acceptors (Lipinski definition) is 5. The van der Waals surface area contributed by atoms with Gasteiger partial charge in [-0.05, 0) is 12.1 Å². The highest BCUT2D eigenvalue weighted by molar-refractivity contribution is 5.77. The van der Waals surface area contributed by atoms with Crippen LogP contribution in [0.15, 0.2) is 24.3 Å². The predicted molar refractivity (Wildman–Crippen MR) is 85.5 cm³/mol. The highest BCUT2D eigenvalue weighted by atomic mass is 19.1. The predicted octanol–water partition coefficient (Wildman–Crippen LogP) is 0.356. The van der Waals surface area contributed by atoms with Gasteiger partial charge in [0.2, 0.25) is 5.91 Å². The molecule has 2 saturated heterocycles. The van der Waals surface area contributed by atoms with Crippen LogP contribution in [-0.2, 0) is 9.53 Å². The molecule has 1 aromatic rings. The number of nitrogens with one attached hydrogen (secondary N) is 2. The highest BCUT2D eigenvalue weighted by Crippen LogP contribution is 2.20. The average Bonchev–Trinajstić information content (AvgIpc) is 2.55. The molecule has 2 fully saturated rings. The second-order valence-electron chi connectivity index (χ2n) is 5.97. The van der Waals surface area contributed by atoms with Crippen molar-refractivity contribution in [3.8, 4) is 0 Å². The minimum Gasteiger partial charge on any atom is -0.383 e. The topological polar surface area (TPSA) is 56.8 Å². The number of methoxy groups -OCH3 is 1. The zero-order valence-electron chi connectivity index (χ0n) is 13.3. The normalized spacial score (nSPS) is 26.2. The summed E-state index contributed by atoms with van der Waals surface area (Å²) < 4.78 is 19.0. The number of piperazine rings is 1. The first-order valence-corrected chi connectivity index (χ1v) is 7.95. The van der Waals surface area contributed by atoms with Crippen LogP contribution in [0.2, 0.25) is 0 Å². The Kier molecular flexibility index (Phi) is 5.09. The van der Waals surface area contributed by atoms with Gasteiger partial charge in [-0.3, -0.25) is 15.0 Å². The lowest BCUT2D eigenvalue weighted by Gasteiger charge is -2.43. The summed E-state index contributed by atoms with van der Waals surface area (Å²) in [5.74, 6) is -0.155. The minimum atomic E-state index is -0.190. The van der Waals surface area contributed by atoms with Crippen LogP contribution in [0.25, 0.3) is 0 Å². The van der Waals surface area contributed by atoms with Gasteiger partial charge in [0.15, 0.2) is 0 Å². The summed E-state index contributed by atoms with van der Waals surface area (Å²) in [7, 11) is 1.64. The van der Waals surface area contributed by atoms with Crippen molar-refractivity contribution in [3.05, 3.63) is 30.1 Å². The van der Waals surface area contributed by atoms with Crippen molar-refractivity contribution >= 4 is 11.6 Å². The molecule has 2 aliphatic heterocycles. The average molecular weight is 322 g/mol. The van der Waals surface area contributed by atoms with Crippen LogP contribution in [0.1, 0.15) is 6.42 Å². The van der Waals surface area contributed by atoms with Crippen molar-refractivity contribution < 1.29 is 13.9 Å². The maximum atomic E-state index is 13.9. The van der Waals surface area contributed by atoms with Gasteiger partial charge in [0.05, 0.1) is 12.3 Å². The van der Waals surface area contributed by atoms with Crippen LogP contribution in [0.4, 0.5) is 10.1 Å². The number of hydrogen-bond donors (Lipinski definition) is 2. The van der Waals surface area contributed by atoms with Crippen LogP contribution < -0.4 is 15.5 Å². The van der Waals surface area contributed by atoms with Gasteiger partial charge < -0.3 is 15.0 Å². The number of halogens is 1. The van der Waals surface area contributed by atoms with Gasteiger partial charge in [-0.25, -0.2) is 4.39 Å². The van der Waals surface area contributed by atoms with E-state index in [2.05, 4.69) is 15.5 Å². The standard InChI is InChI=1S/C16H23FN4O2/c1-23-11-12-10-15(22)19-16(18-12)21-8-6-20(7-9-21)14-5-3-2-4-13(14)17/h2-5,12,16,18H,6-11H2,1H3,(H,19,22). The van der Waals surface area contributed by atoms with Crippen molar-refractivity contribution in [1.29, 1.82) is 0 Å². The number of ether oxygens (including phenoxy) is 1. The van der Waals surface area contributed by atoms with Gasteiger partial charge in [0.1, 0.15) is 12.1 Å². The Bertz CT molecular complexity index is 549. The summed E-state index contributed by atoms with van der Waals surface area (Å²) in [5, 5.41) is 6.37. The summed E-state index contributed by atoms with van der Waals surface area (Å²) in [6.07, 6.45) is 0.249. The lowest BCUT2D eigenvalue weighted by molar-refractivity contribution is -0.127.